The zero-order chi connectivity index (χ0) is 15.5. The molecule has 10 nitrogen and oxygen atoms in total. The number of nitrogens with two attached hydrogens (primary N) is 1. The summed E-state index contributed by atoms with van der Waals surface area (Å²) in [5, 5.41) is 0. The summed E-state index contributed by atoms with van der Waals surface area (Å²) in [6.07, 6.45) is 3.90. The third-order valence-corrected chi connectivity index (χ3v) is 4.75. The number of fused-ring (bicyclic) bond motifs is 1. The van der Waals surface area contributed by atoms with Crippen LogP contribution >= 0.6 is 7.82 Å². The molecular formula is C11H12N5O5P. The van der Waals surface area contributed by atoms with Crippen LogP contribution in [-0.2, 0) is 13.6 Å². The van der Waals surface area contributed by atoms with E-state index in [4.69, 9.17) is 14.8 Å². The fraction of sp³-hybridized carbons (Fsp3) is 0.364. The molecule has 1 saturated heterocycles. The summed E-state index contributed by atoms with van der Waals surface area (Å²) in [5.74, 6) is 0.00807. The van der Waals surface area contributed by atoms with E-state index < -0.39 is 13.4 Å². The minimum absolute atomic E-state index is 0.00807. The Kier molecular flexibility index (Phi) is 2.64. The van der Waals surface area contributed by atoms with Crippen molar-refractivity contribution in [2.24, 2.45) is 5.41 Å². The summed E-state index contributed by atoms with van der Waals surface area (Å²) in [4.78, 5) is 31.4. The van der Waals surface area contributed by atoms with Gasteiger partial charge in [-0.05, 0) is 12.0 Å². The predicted octanol–water partition coefficient (Wildman–Crippen LogP) is 0.0800. The van der Waals surface area contributed by atoms with Crippen LogP contribution in [0, 0.1) is 5.41 Å². The quantitative estimate of drug-likeness (QED) is 0.625. The molecule has 0 bridgehead atoms. The molecule has 0 aromatic carbocycles. The number of aromatic amines is 1. The lowest BCUT2D eigenvalue weighted by molar-refractivity contribution is 0.0526. The molecule has 22 heavy (non-hydrogen) atoms. The molecule has 11 heteroatoms. The largest absolute Gasteiger partial charge is 0.472 e. The third-order valence-electron chi connectivity index (χ3n) is 3.84. The highest BCUT2D eigenvalue weighted by Gasteiger charge is 2.54. The number of aromatic nitrogens is 4. The molecule has 0 radical (unpaired) electrons. The van der Waals surface area contributed by atoms with Crippen LogP contribution in [-0.4, -0.2) is 37.6 Å². The van der Waals surface area contributed by atoms with E-state index >= 15 is 0 Å². The zero-order valence-electron chi connectivity index (χ0n) is 11.2. The number of H-pyrrole nitrogens is 1. The molecular weight excluding hydrogens is 313 g/mol. The SMILES string of the molecule is Nc1nc2c(ncn2/C=C2\CC23COP(=O)(O)OC3)c(=O)[nH]1. The average Bonchev–Trinajstić information content (AvgIpc) is 2.96. The van der Waals surface area contributed by atoms with E-state index in [1.165, 1.54) is 6.33 Å². The predicted molar refractivity (Wildman–Crippen MR) is 75.6 cm³/mol. The smallest absolute Gasteiger partial charge is 0.369 e. The van der Waals surface area contributed by atoms with Gasteiger partial charge in [0, 0.05) is 11.6 Å². The van der Waals surface area contributed by atoms with Crippen molar-refractivity contribution in [3.05, 3.63) is 22.3 Å². The van der Waals surface area contributed by atoms with E-state index in [1.54, 1.807) is 10.8 Å². The highest BCUT2D eigenvalue weighted by atomic mass is 31.2. The van der Waals surface area contributed by atoms with E-state index in [1.807, 2.05) is 0 Å². The van der Waals surface area contributed by atoms with Gasteiger partial charge in [-0.3, -0.25) is 23.4 Å². The number of nitrogens with one attached hydrogen (secondary N) is 1. The molecule has 1 aliphatic carbocycles. The first-order valence-electron chi connectivity index (χ1n) is 6.44. The van der Waals surface area contributed by atoms with Gasteiger partial charge in [0.15, 0.2) is 11.2 Å². The molecule has 1 spiro atoms. The molecule has 2 aromatic rings. The molecule has 1 aliphatic heterocycles. The van der Waals surface area contributed by atoms with Crippen LogP contribution in [0.5, 0.6) is 0 Å². The summed E-state index contributed by atoms with van der Waals surface area (Å²) >= 11 is 0. The number of hydrogen-bond acceptors (Lipinski definition) is 7. The van der Waals surface area contributed by atoms with Gasteiger partial charge in [-0.25, -0.2) is 9.55 Å². The number of phosphoric ester groups is 1. The van der Waals surface area contributed by atoms with Gasteiger partial charge in [-0.2, -0.15) is 4.98 Å². The standard InChI is InChI=1S/C11H12N5O5P/c12-10-14-8-7(9(17)15-10)13-5-16(8)2-6-1-11(6)3-20-22(18,19)21-4-11/h2,5H,1,3-4H2,(H,18,19)(H3,12,14,15,17)/b6-2+. The van der Waals surface area contributed by atoms with E-state index in [9.17, 15) is 14.3 Å². The first-order chi connectivity index (χ1) is 10.4. The van der Waals surface area contributed by atoms with Crippen LogP contribution in [0.4, 0.5) is 5.95 Å². The first kappa shape index (κ1) is 13.6. The fourth-order valence-electron chi connectivity index (χ4n) is 2.49. The average molecular weight is 325 g/mol. The summed E-state index contributed by atoms with van der Waals surface area (Å²) in [6.45, 7) is 0.241. The van der Waals surface area contributed by atoms with Crippen molar-refractivity contribution < 1.29 is 18.5 Å². The van der Waals surface area contributed by atoms with Gasteiger partial charge in [0.1, 0.15) is 6.33 Å². The zero-order valence-corrected chi connectivity index (χ0v) is 12.1. The molecule has 3 heterocycles. The van der Waals surface area contributed by atoms with Crippen molar-refractivity contribution in [2.45, 2.75) is 6.42 Å². The van der Waals surface area contributed by atoms with E-state index in [-0.39, 0.29) is 30.1 Å². The number of anilines is 1. The van der Waals surface area contributed by atoms with Gasteiger partial charge in [-0.1, -0.05) is 0 Å². The Bertz CT molecular complexity index is 903. The van der Waals surface area contributed by atoms with Crippen molar-refractivity contribution in [3.8, 4) is 0 Å². The number of rotatable bonds is 1. The van der Waals surface area contributed by atoms with Gasteiger partial charge in [-0.15, -0.1) is 0 Å². The first-order valence-corrected chi connectivity index (χ1v) is 7.94. The lowest BCUT2D eigenvalue weighted by Crippen LogP contribution is -2.22. The fourth-order valence-corrected chi connectivity index (χ4v) is 3.38. The second-order valence-corrected chi connectivity index (χ2v) is 6.86. The Morgan fingerprint density at radius 1 is 1.50 bits per heavy atom. The van der Waals surface area contributed by atoms with Crippen molar-refractivity contribution in [1.82, 2.24) is 19.5 Å². The van der Waals surface area contributed by atoms with Crippen LogP contribution < -0.4 is 11.3 Å². The minimum Gasteiger partial charge on any atom is -0.369 e. The maximum Gasteiger partial charge on any atom is 0.472 e. The van der Waals surface area contributed by atoms with Gasteiger partial charge in [0.2, 0.25) is 5.95 Å². The van der Waals surface area contributed by atoms with Crippen LogP contribution in [0.25, 0.3) is 17.4 Å². The number of hydrogen-bond donors (Lipinski definition) is 3. The lowest BCUT2D eigenvalue weighted by atomic mass is 10.1. The summed E-state index contributed by atoms with van der Waals surface area (Å²) in [7, 11) is -3.90. The second-order valence-electron chi connectivity index (χ2n) is 5.40. The van der Waals surface area contributed by atoms with Crippen LogP contribution in [0.1, 0.15) is 6.42 Å². The van der Waals surface area contributed by atoms with Gasteiger partial charge < -0.3 is 10.6 Å². The van der Waals surface area contributed by atoms with Crippen molar-refractivity contribution in [3.63, 3.8) is 0 Å². The number of nitrogens with zero attached hydrogens (tertiary/aromatic N) is 3. The van der Waals surface area contributed by atoms with Gasteiger partial charge in [0.05, 0.1) is 13.2 Å². The minimum atomic E-state index is -3.90. The highest BCUT2D eigenvalue weighted by Crippen LogP contribution is 2.61. The van der Waals surface area contributed by atoms with E-state index in [0.717, 1.165) is 5.57 Å². The summed E-state index contributed by atoms with van der Waals surface area (Å²) in [5.41, 5.74) is 6.25. The summed E-state index contributed by atoms with van der Waals surface area (Å²) in [6, 6.07) is 0. The number of phosphoric acid groups is 1. The van der Waals surface area contributed by atoms with Gasteiger partial charge >= 0.3 is 7.82 Å². The Morgan fingerprint density at radius 2 is 2.23 bits per heavy atom. The maximum absolute atomic E-state index is 11.7. The second kappa shape index (κ2) is 4.26. The molecule has 4 N–H and O–H groups in total. The summed E-state index contributed by atoms with van der Waals surface area (Å²) < 4.78 is 22.5. The molecule has 2 fully saturated rings. The van der Waals surface area contributed by atoms with Crippen LogP contribution in [0.15, 0.2) is 16.7 Å². The topological polar surface area (TPSA) is 145 Å². The molecule has 2 aliphatic rings. The Labute approximate surface area is 123 Å². The lowest BCUT2D eigenvalue weighted by Gasteiger charge is -2.24. The molecule has 1 saturated carbocycles. The van der Waals surface area contributed by atoms with Crippen molar-refractivity contribution >= 4 is 31.1 Å². The van der Waals surface area contributed by atoms with Crippen LogP contribution in [0.3, 0.4) is 0 Å². The molecule has 0 unspecified atom stereocenters. The maximum atomic E-state index is 11.7. The van der Waals surface area contributed by atoms with Crippen LogP contribution in [0.2, 0.25) is 0 Å². The number of imidazole rings is 1. The normalized spacial score (nSPS) is 32.9. The van der Waals surface area contributed by atoms with Gasteiger partial charge in [0.25, 0.3) is 5.56 Å². The molecule has 0 amide bonds. The molecule has 0 atom stereocenters. The number of nitrogen functional groups attached to an aromatic ring is 1. The third kappa shape index (κ3) is 2.08. The van der Waals surface area contributed by atoms with E-state index in [0.29, 0.717) is 12.1 Å². The van der Waals surface area contributed by atoms with Crippen molar-refractivity contribution in [2.75, 3.05) is 18.9 Å². The molecule has 2 aromatic heterocycles. The Morgan fingerprint density at radius 3 is 2.95 bits per heavy atom. The molecule has 116 valence electrons. The molecule has 4 rings (SSSR count). The van der Waals surface area contributed by atoms with E-state index in [2.05, 4.69) is 15.0 Å². The monoisotopic (exact) mass is 325 g/mol. The van der Waals surface area contributed by atoms with Crippen molar-refractivity contribution in [1.29, 1.82) is 0 Å². The highest BCUT2D eigenvalue weighted by molar-refractivity contribution is 7.47. The Hall–Kier alpha value is -2.00. The Balaban J connectivity index is 1.68.